The number of nitrogens with one attached hydrogen (secondary N) is 1. The normalized spacial score (nSPS) is 19.8. The van der Waals surface area contributed by atoms with Crippen LogP contribution in [0, 0.1) is 0 Å². The van der Waals surface area contributed by atoms with Crippen molar-refractivity contribution in [3.8, 4) is 33.9 Å². The average Bonchev–Trinajstić information content (AvgIpc) is 3.11. The van der Waals surface area contributed by atoms with Crippen molar-refractivity contribution < 1.29 is 19.4 Å². The van der Waals surface area contributed by atoms with Crippen LogP contribution in [0.5, 0.6) is 11.5 Å². The van der Waals surface area contributed by atoms with Crippen LogP contribution in [0.3, 0.4) is 0 Å². The molecule has 0 saturated carbocycles. The van der Waals surface area contributed by atoms with Gasteiger partial charge in [0.1, 0.15) is 11.5 Å². The Labute approximate surface area is 274 Å². The minimum atomic E-state index is -0.609. The Balaban J connectivity index is 0.900. The fourth-order valence-electron chi connectivity index (χ4n) is 7.16. The lowest BCUT2D eigenvalue weighted by atomic mass is 9.88. The fraction of sp³-hybridized carbons (Fsp3) is 0.351. The highest BCUT2D eigenvalue weighted by Crippen LogP contribution is 2.35. The number of ether oxygens (including phenoxy) is 1. The molecule has 1 unspecified atom stereocenters. The summed E-state index contributed by atoms with van der Waals surface area (Å²) in [5.74, 6) is 1.11. The van der Waals surface area contributed by atoms with E-state index < -0.39 is 6.10 Å². The van der Waals surface area contributed by atoms with Gasteiger partial charge >= 0.3 is 0 Å². The van der Waals surface area contributed by atoms with E-state index in [9.17, 15) is 14.7 Å². The summed E-state index contributed by atoms with van der Waals surface area (Å²) in [6, 6.07) is 26.2. The van der Waals surface area contributed by atoms with Crippen LogP contribution in [0.15, 0.2) is 78.9 Å². The molecule has 7 rings (SSSR count). The molecule has 4 aromatic rings. The number of hydrogen-bond donors (Lipinski definition) is 3. The van der Waals surface area contributed by atoms with Crippen molar-refractivity contribution in [1.29, 1.82) is 0 Å². The zero-order valence-electron chi connectivity index (χ0n) is 26.3. The van der Waals surface area contributed by atoms with Crippen molar-refractivity contribution in [2.24, 2.45) is 0 Å². The number of carbonyl (C=O) groups excluding carboxylic acids is 2. The third-order valence-corrected chi connectivity index (χ3v) is 9.87. The molecular weight excluding hydrogens is 592 g/mol. The first-order valence-corrected chi connectivity index (χ1v) is 16.5. The van der Waals surface area contributed by atoms with E-state index in [2.05, 4.69) is 61.7 Å². The van der Waals surface area contributed by atoms with E-state index in [1.165, 1.54) is 11.3 Å². The zero-order chi connectivity index (χ0) is 32.3. The predicted octanol–water partition coefficient (Wildman–Crippen LogP) is 5.13. The monoisotopic (exact) mass is 632 g/mol. The average molecular weight is 633 g/mol. The molecule has 0 radical (unpaired) electrons. The third-order valence-electron chi connectivity index (χ3n) is 9.87. The number of carbonyl (C=O) groups is 2. The number of hydrogen-bond acceptors (Lipinski definition) is 9. The maximum Gasteiger partial charge on any atom is 0.267 e. The number of phenols is 1. The fourth-order valence-corrected chi connectivity index (χ4v) is 7.16. The van der Waals surface area contributed by atoms with Crippen LogP contribution in [0.1, 0.15) is 50.0 Å². The molecule has 10 heteroatoms. The van der Waals surface area contributed by atoms with Crippen LogP contribution < -0.4 is 20.7 Å². The number of likely N-dealkylation sites (tertiary alicyclic amines) is 1. The first kappa shape index (κ1) is 30.7. The minimum absolute atomic E-state index is 0.159. The number of aromatic hydroxyl groups is 1. The summed E-state index contributed by atoms with van der Waals surface area (Å²) in [5, 5.41) is 21.0. The van der Waals surface area contributed by atoms with Crippen molar-refractivity contribution >= 4 is 23.3 Å². The van der Waals surface area contributed by atoms with E-state index in [1.807, 2.05) is 30.3 Å². The molecule has 242 valence electrons. The summed E-state index contributed by atoms with van der Waals surface area (Å²) in [7, 11) is 0. The van der Waals surface area contributed by atoms with Gasteiger partial charge in [0.05, 0.1) is 5.69 Å². The molecule has 1 atom stereocenters. The van der Waals surface area contributed by atoms with Gasteiger partial charge in [-0.15, -0.1) is 10.2 Å². The first-order valence-electron chi connectivity index (χ1n) is 16.5. The number of nitrogen functional groups attached to an aromatic ring is 1. The smallest absolute Gasteiger partial charge is 0.267 e. The minimum Gasteiger partial charge on any atom is -0.507 e. The van der Waals surface area contributed by atoms with Gasteiger partial charge in [0.15, 0.2) is 11.9 Å². The summed E-state index contributed by atoms with van der Waals surface area (Å²) in [6.45, 7) is 4.25. The van der Waals surface area contributed by atoms with Crippen LogP contribution in [0.2, 0.25) is 0 Å². The Hall–Kier alpha value is -4.96. The Morgan fingerprint density at radius 2 is 1.53 bits per heavy atom. The van der Waals surface area contributed by atoms with Gasteiger partial charge in [0, 0.05) is 48.8 Å². The SMILES string of the molecule is Nc1nnc(-c2ccccc2O)cc1-c1ccc(N2CCC(N3CCC(c4ccc(OC5CCC(=O)NC5=O)cc4)CC3)CC2)cc1. The molecule has 0 spiro atoms. The van der Waals surface area contributed by atoms with Crippen molar-refractivity contribution in [3.05, 3.63) is 84.4 Å². The van der Waals surface area contributed by atoms with Gasteiger partial charge in [-0.25, -0.2) is 0 Å². The standard InChI is InChI=1S/C37H40N6O4/c38-36-31(23-32(40-41-36)30-3-1-2-4-33(30)44)26-5-9-27(10-6-26)43-21-17-28(18-22-43)42-19-15-25(16-20-42)24-7-11-29(12-8-24)47-34-13-14-35(45)39-37(34)46/h1-12,23,25,28,34,44H,13-22H2,(H2,38,41)(H,39,45,46). The molecule has 10 nitrogen and oxygen atoms in total. The third kappa shape index (κ3) is 6.78. The summed E-state index contributed by atoms with van der Waals surface area (Å²) in [6.07, 6.45) is 4.67. The second-order valence-electron chi connectivity index (χ2n) is 12.7. The lowest BCUT2D eigenvalue weighted by molar-refractivity contribution is -0.138. The van der Waals surface area contributed by atoms with E-state index in [4.69, 9.17) is 10.5 Å². The predicted molar refractivity (Wildman–Crippen MR) is 181 cm³/mol. The summed E-state index contributed by atoms with van der Waals surface area (Å²) >= 11 is 0. The number of para-hydroxylation sites is 1. The van der Waals surface area contributed by atoms with E-state index >= 15 is 0 Å². The molecule has 3 fully saturated rings. The molecule has 4 N–H and O–H groups in total. The van der Waals surface area contributed by atoms with Gasteiger partial charge in [0.2, 0.25) is 5.91 Å². The van der Waals surface area contributed by atoms with Gasteiger partial charge in [0.25, 0.3) is 5.91 Å². The molecular formula is C37H40N6O4. The van der Waals surface area contributed by atoms with Gasteiger partial charge in [-0.05, 0) is 98.3 Å². The van der Waals surface area contributed by atoms with Crippen LogP contribution in [-0.4, -0.2) is 70.3 Å². The maximum atomic E-state index is 12.0. The maximum absolute atomic E-state index is 12.0. The zero-order valence-corrected chi connectivity index (χ0v) is 26.3. The van der Waals surface area contributed by atoms with E-state index in [0.717, 1.165) is 63.0 Å². The number of benzene rings is 3. The summed E-state index contributed by atoms with van der Waals surface area (Å²) < 4.78 is 5.86. The molecule has 3 saturated heterocycles. The van der Waals surface area contributed by atoms with Crippen LogP contribution in [-0.2, 0) is 9.59 Å². The number of aromatic nitrogens is 2. The van der Waals surface area contributed by atoms with E-state index in [0.29, 0.717) is 47.6 Å². The van der Waals surface area contributed by atoms with E-state index in [1.54, 1.807) is 12.1 Å². The van der Waals surface area contributed by atoms with Crippen molar-refractivity contribution in [2.75, 3.05) is 36.8 Å². The number of rotatable bonds is 7. The number of amides is 2. The summed E-state index contributed by atoms with van der Waals surface area (Å²) in [4.78, 5) is 28.6. The Morgan fingerprint density at radius 1 is 0.809 bits per heavy atom. The lowest BCUT2D eigenvalue weighted by Gasteiger charge is -2.42. The van der Waals surface area contributed by atoms with E-state index in [-0.39, 0.29) is 17.6 Å². The second-order valence-corrected chi connectivity index (χ2v) is 12.7. The quantitative estimate of drug-likeness (QED) is 0.237. The molecule has 1 aromatic heterocycles. The molecule has 0 bridgehead atoms. The van der Waals surface area contributed by atoms with Crippen LogP contribution in [0.4, 0.5) is 11.5 Å². The Bertz CT molecular complexity index is 1730. The van der Waals surface area contributed by atoms with Gasteiger partial charge in [-0.2, -0.15) is 0 Å². The number of anilines is 2. The van der Waals surface area contributed by atoms with Gasteiger partial charge in [-0.3, -0.25) is 14.9 Å². The van der Waals surface area contributed by atoms with Crippen molar-refractivity contribution in [1.82, 2.24) is 20.4 Å². The summed E-state index contributed by atoms with van der Waals surface area (Å²) in [5.41, 5.74) is 11.7. The lowest BCUT2D eigenvalue weighted by Crippen LogP contribution is -2.47. The number of nitrogens with zero attached hydrogens (tertiary/aromatic N) is 4. The molecule has 47 heavy (non-hydrogen) atoms. The van der Waals surface area contributed by atoms with Gasteiger partial charge < -0.3 is 25.4 Å². The molecule has 3 aromatic carbocycles. The molecule has 0 aliphatic carbocycles. The largest absolute Gasteiger partial charge is 0.507 e. The van der Waals surface area contributed by atoms with Crippen LogP contribution in [0.25, 0.3) is 22.4 Å². The van der Waals surface area contributed by atoms with Crippen LogP contribution >= 0.6 is 0 Å². The molecule has 3 aliphatic rings. The number of piperidine rings is 3. The molecule has 3 aliphatic heterocycles. The highest BCUT2D eigenvalue weighted by molar-refractivity contribution is 5.99. The topological polar surface area (TPSA) is 134 Å². The van der Waals surface area contributed by atoms with Crippen molar-refractivity contribution in [3.63, 3.8) is 0 Å². The number of phenolic OH excluding ortho intramolecular Hbond substituents is 1. The highest BCUT2D eigenvalue weighted by Gasteiger charge is 2.30. The molecule has 4 heterocycles. The second kappa shape index (κ2) is 13.4. The molecule has 2 amide bonds. The number of nitrogens with two attached hydrogens (primary N) is 1. The first-order chi connectivity index (χ1) is 22.9. The number of imide groups is 1. The highest BCUT2D eigenvalue weighted by atomic mass is 16.5. The van der Waals surface area contributed by atoms with Crippen molar-refractivity contribution in [2.45, 2.75) is 56.6 Å². The Kier molecular flexibility index (Phi) is 8.76. The van der Waals surface area contributed by atoms with Gasteiger partial charge in [-0.1, -0.05) is 36.4 Å². The Morgan fingerprint density at radius 3 is 2.23 bits per heavy atom.